The fourth-order valence-electron chi connectivity index (χ4n) is 6.07. The number of nitrogens with one attached hydrogen (secondary N) is 1. The SMILES string of the molecule is CCn1ccnc1CC(NC)C1C2CC3CC(C2)CC1C3. The van der Waals surface area contributed by atoms with Crippen LogP contribution in [0, 0.1) is 29.6 Å². The first-order valence-electron chi connectivity index (χ1n) is 8.95. The van der Waals surface area contributed by atoms with Crippen molar-refractivity contribution in [2.45, 2.75) is 58.0 Å². The minimum Gasteiger partial charge on any atom is -0.335 e. The van der Waals surface area contributed by atoms with Crippen LogP contribution in [0.2, 0.25) is 0 Å². The molecule has 1 N–H and O–H groups in total. The third-order valence-electron chi connectivity index (χ3n) is 6.68. The molecular weight excluding hydrogens is 258 g/mol. The Kier molecular flexibility index (Phi) is 3.56. The van der Waals surface area contributed by atoms with E-state index in [1.54, 1.807) is 6.42 Å². The Bertz CT molecular complexity index is 464. The maximum atomic E-state index is 4.61. The molecule has 4 fully saturated rings. The van der Waals surface area contributed by atoms with Gasteiger partial charge in [0, 0.05) is 31.4 Å². The lowest BCUT2D eigenvalue weighted by Gasteiger charge is -2.56. The van der Waals surface area contributed by atoms with E-state index < -0.39 is 0 Å². The Labute approximate surface area is 128 Å². The van der Waals surface area contributed by atoms with Crippen LogP contribution in [0.25, 0.3) is 0 Å². The van der Waals surface area contributed by atoms with Gasteiger partial charge in [0.1, 0.15) is 5.82 Å². The van der Waals surface area contributed by atoms with Crippen molar-refractivity contribution in [1.82, 2.24) is 14.9 Å². The molecule has 1 unspecified atom stereocenters. The predicted octanol–water partition coefficient (Wildman–Crippen LogP) is 3.11. The van der Waals surface area contributed by atoms with E-state index in [-0.39, 0.29) is 0 Å². The molecule has 3 heteroatoms. The van der Waals surface area contributed by atoms with Crippen molar-refractivity contribution in [3.63, 3.8) is 0 Å². The van der Waals surface area contributed by atoms with Gasteiger partial charge in [-0.2, -0.15) is 0 Å². The Balaban J connectivity index is 1.53. The smallest absolute Gasteiger partial charge is 0.110 e. The van der Waals surface area contributed by atoms with Gasteiger partial charge < -0.3 is 9.88 Å². The highest BCUT2D eigenvalue weighted by molar-refractivity contribution is 5.04. The third kappa shape index (κ3) is 2.34. The second kappa shape index (κ2) is 5.42. The van der Waals surface area contributed by atoms with Crippen molar-refractivity contribution in [2.75, 3.05) is 7.05 Å². The summed E-state index contributed by atoms with van der Waals surface area (Å²) >= 11 is 0. The summed E-state index contributed by atoms with van der Waals surface area (Å²) in [6.07, 6.45) is 12.8. The Morgan fingerprint density at radius 1 is 1.19 bits per heavy atom. The van der Waals surface area contributed by atoms with E-state index in [0.29, 0.717) is 6.04 Å². The summed E-state index contributed by atoms with van der Waals surface area (Å²) in [6.45, 7) is 3.25. The highest BCUT2D eigenvalue weighted by atomic mass is 15.1. The molecule has 0 aliphatic heterocycles. The molecule has 1 aromatic rings. The molecular formula is C18H29N3. The van der Waals surface area contributed by atoms with Crippen LogP contribution >= 0.6 is 0 Å². The van der Waals surface area contributed by atoms with Gasteiger partial charge in [-0.05, 0) is 75.7 Å². The van der Waals surface area contributed by atoms with E-state index in [9.17, 15) is 0 Å². The van der Waals surface area contributed by atoms with Gasteiger partial charge in [0.25, 0.3) is 0 Å². The van der Waals surface area contributed by atoms with Crippen LogP contribution in [0.3, 0.4) is 0 Å². The number of nitrogens with zero attached hydrogens (tertiary/aromatic N) is 2. The lowest BCUT2D eigenvalue weighted by molar-refractivity contribution is -0.0510. The van der Waals surface area contributed by atoms with Crippen molar-refractivity contribution in [1.29, 1.82) is 0 Å². The third-order valence-corrected chi connectivity index (χ3v) is 6.68. The van der Waals surface area contributed by atoms with Crippen LogP contribution in [0.5, 0.6) is 0 Å². The van der Waals surface area contributed by atoms with E-state index in [1.165, 1.54) is 31.5 Å². The van der Waals surface area contributed by atoms with Gasteiger partial charge in [-0.3, -0.25) is 0 Å². The minimum absolute atomic E-state index is 0.618. The summed E-state index contributed by atoms with van der Waals surface area (Å²) in [5, 5.41) is 3.67. The molecule has 21 heavy (non-hydrogen) atoms. The number of hydrogen-bond donors (Lipinski definition) is 1. The highest BCUT2D eigenvalue weighted by Gasteiger charge is 2.50. The topological polar surface area (TPSA) is 29.9 Å². The van der Waals surface area contributed by atoms with Gasteiger partial charge in [-0.25, -0.2) is 4.98 Å². The summed E-state index contributed by atoms with van der Waals surface area (Å²) in [4.78, 5) is 4.61. The minimum atomic E-state index is 0.618. The number of aromatic nitrogens is 2. The standard InChI is InChI=1S/C18H29N3/c1-3-21-5-4-20-17(21)11-16(19-2)18-14-7-12-6-13(9-14)10-15(18)8-12/h4-5,12-16,18-19H,3,6-11H2,1-2H3. The largest absolute Gasteiger partial charge is 0.335 e. The van der Waals surface area contributed by atoms with Crippen LogP contribution < -0.4 is 5.32 Å². The lowest BCUT2D eigenvalue weighted by Crippen LogP contribution is -2.53. The lowest BCUT2D eigenvalue weighted by atomic mass is 9.50. The highest BCUT2D eigenvalue weighted by Crippen LogP contribution is 2.57. The number of likely N-dealkylation sites (N-methyl/N-ethyl adjacent to an activating group) is 1. The molecule has 1 atom stereocenters. The maximum Gasteiger partial charge on any atom is 0.110 e. The van der Waals surface area contributed by atoms with Crippen LogP contribution in [-0.2, 0) is 13.0 Å². The Hall–Kier alpha value is -0.830. The van der Waals surface area contributed by atoms with Gasteiger partial charge in [0.05, 0.1) is 0 Å². The average molecular weight is 287 g/mol. The fraction of sp³-hybridized carbons (Fsp3) is 0.833. The van der Waals surface area contributed by atoms with E-state index in [2.05, 4.69) is 35.0 Å². The van der Waals surface area contributed by atoms with E-state index in [4.69, 9.17) is 0 Å². The summed E-state index contributed by atoms with van der Waals surface area (Å²) in [7, 11) is 2.16. The van der Waals surface area contributed by atoms with Crippen molar-refractivity contribution in [2.24, 2.45) is 29.6 Å². The van der Waals surface area contributed by atoms with Crippen LogP contribution in [0.15, 0.2) is 12.4 Å². The molecule has 5 rings (SSSR count). The fourth-order valence-corrected chi connectivity index (χ4v) is 6.07. The first kappa shape index (κ1) is 13.8. The van der Waals surface area contributed by atoms with Crippen LogP contribution in [0.1, 0.15) is 44.9 Å². The molecule has 0 spiro atoms. The first-order valence-corrected chi connectivity index (χ1v) is 8.95. The second-order valence-electron chi connectivity index (χ2n) is 7.74. The Morgan fingerprint density at radius 2 is 1.86 bits per heavy atom. The van der Waals surface area contributed by atoms with E-state index >= 15 is 0 Å². The molecule has 0 aromatic carbocycles. The zero-order valence-corrected chi connectivity index (χ0v) is 13.5. The number of imidazole rings is 1. The van der Waals surface area contributed by atoms with E-state index in [0.717, 1.165) is 42.6 Å². The predicted molar refractivity (Wildman–Crippen MR) is 85.0 cm³/mol. The van der Waals surface area contributed by atoms with Crippen molar-refractivity contribution in [3.05, 3.63) is 18.2 Å². The van der Waals surface area contributed by atoms with E-state index in [1.807, 2.05) is 6.20 Å². The molecule has 1 aromatic heterocycles. The molecule has 3 nitrogen and oxygen atoms in total. The Morgan fingerprint density at radius 3 is 2.43 bits per heavy atom. The van der Waals surface area contributed by atoms with Gasteiger partial charge in [-0.15, -0.1) is 0 Å². The molecule has 4 saturated carbocycles. The maximum absolute atomic E-state index is 4.61. The van der Waals surface area contributed by atoms with Crippen LogP contribution in [0.4, 0.5) is 0 Å². The van der Waals surface area contributed by atoms with Crippen molar-refractivity contribution < 1.29 is 0 Å². The summed E-state index contributed by atoms with van der Waals surface area (Å²) < 4.78 is 2.31. The number of rotatable bonds is 5. The molecule has 4 aliphatic carbocycles. The molecule has 4 aliphatic rings. The summed E-state index contributed by atoms with van der Waals surface area (Å²) in [5.41, 5.74) is 0. The van der Waals surface area contributed by atoms with Crippen LogP contribution in [-0.4, -0.2) is 22.6 Å². The summed E-state index contributed by atoms with van der Waals surface area (Å²) in [6, 6.07) is 0.618. The van der Waals surface area contributed by atoms with Gasteiger partial charge in [-0.1, -0.05) is 0 Å². The van der Waals surface area contributed by atoms with Gasteiger partial charge >= 0.3 is 0 Å². The van der Waals surface area contributed by atoms with Crippen molar-refractivity contribution >= 4 is 0 Å². The quantitative estimate of drug-likeness (QED) is 0.902. The molecule has 0 radical (unpaired) electrons. The molecule has 0 saturated heterocycles. The monoisotopic (exact) mass is 287 g/mol. The van der Waals surface area contributed by atoms with Gasteiger partial charge in [0.2, 0.25) is 0 Å². The zero-order chi connectivity index (χ0) is 14.4. The average Bonchev–Trinajstić information content (AvgIpc) is 2.92. The normalized spacial score (nSPS) is 38.9. The summed E-state index contributed by atoms with van der Waals surface area (Å²) in [5.74, 6) is 6.28. The van der Waals surface area contributed by atoms with Crippen molar-refractivity contribution in [3.8, 4) is 0 Å². The molecule has 1 heterocycles. The molecule has 0 amide bonds. The number of aryl methyl sites for hydroxylation is 1. The van der Waals surface area contributed by atoms with Gasteiger partial charge in [0.15, 0.2) is 0 Å². The molecule has 4 bridgehead atoms. The number of hydrogen-bond acceptors (Lipinski definition) is 2. The first-order chi connectivity index (χ1) is 10.3. The molecule has 116 valence electrons. The zero-order valence-electron chi connectivity index (χ0n) is 13.5. The second-order valence-corrected chi connectivity index (χ2v) is 7.74.